The van der Waals surface area contributed by atoms with E-state index < -0.39 is 23.4 Å². The Kier molecular flexibility index (Phi) is 36.8. The third-order valence-corrected chi connectivity index (χ3v) is 18.0. The van der Waals surface area contributed by atoms with Crippen LogP contribution in [0.15, 0.2) is 339 Å². The molecule has 6 amide bonds. The smallest absolute Gasteiger partial charge is 0.274 e. The molecule has 142 heavy (non-hydrogen) atoms. The summed E-state index contributed by atoms with van der Waals surface area (Å²) in [4.78, 5) is 156. The highest BCUT2D eigenvalue weighted by molar-refractivity contribution is 6.07. The highest BCUT2D eigenvalue weighted by Gasteiger charge is 2.19. The first-order valence-electron chi connectivity index (χ1n) is 41.7. The van der Waals surface area contributed by atoms with Gasteiger partial charge in [0.15, 0.2) is 34.5 Å². The molecule has 0 aliphatic heterocycles. The predicted octanol–water partition coefficient (Wildman–Crippen LogP) is 18.1. The first-order chi connectivity index (χ1) is 68.6. The number of ether oxygens (including phenoxy) is 7. The second kappa shape index (κ2) is 51.9. The average Bonchev–Trinajstić information content (AvgIpc) is 0.874. The van der Waals surface area contributed by atoms with Gasteiger partial charge in [-0.25, -0.2) is 68.6 Å². The van der Waals surface area contributed by atoms with Crippen LogP contribution in [0.5, 0.6) is 74.7 Å². The summed E-state index contributed by atoms with van der Waals surface area (Å²) in [7, 11) is 1.52. The summed E-state index contributed by atoms with van der Waals surface area (Å²) in [6, 6.07) is 34.3. The first-order valence-corrected chi connectivity index (χ1v) is 41.7. The molecular formula is C100H83F2N27O13. The van der Waals surface area contributed by atoms with Gasteiger partial charge in [0.25, 0.3) is 35.4 Å². The minimum atomic E-state index is -0.583. The Bertz CT molecular complexity index is 6970. The number of halogens is 2. The fourth-order valence-corrected chi connectivity index (χ4v) is 11.7. The lowest BCUT2D eigenvalue weighted by atomic mass is 10.1. The summed E-state index contributed by atoms with van der Waals surface area (Å²) in [6.07, 6.45) is 51.2. The Balaban J connectivity index is 0.000000152. The zero-order valence-electron chi connectivity index (χ0n) is 75.2. The van der Waals surface area contributed by atoms with E-state index >= 15 is 0 Å². The lowest BCUT2D eigenvalue weighted by Gasteiger charge is -2.09. The summed E-state index contributed by atoms with van der Waals surface area (Å²) in [6.45, 7) is 9.30. The maximum Gasteiger partial charge on any atom is 0.274 e. The van der Waals surface area contributed by atoms with Crippen molar-refractivity contribution in [3.8, 4) is 74.7 Å². The van der Waals surface area contributed by atoms with Crippen molar-refractivity contribution in [1.82, 2.24) is 105 Å². The van der Waals surface area contributed by atoms with Gasteiger partial charge in [-0.2, -0.15) is 0 Å². The monoisotopic (exact) mass is 1910 g/mol. The number of hydrogen-bond acceptors (Lipinski definition) is 34. The van der Waals surface area contributed by atoms with Crippen LogP contribution < -0.4 is 65.1 Å². The Labute approximate surface area is 808 Å². The van der Waals surface area contributed by atoms with Crippen molar-refractivity contribution < 1.29 is 70.7 Å². The van der Waals surface area contributed by atoms with Gasteiger partial charge in [-0.3, -0.25) is 73.6 Å². The van der Waals surface area contributed by atoms with Crippen LogP contribution in [-0.2, 0) is 0 Å². The van der Waals surface area contributed by atoms with Crippen LogP contribution in [0.25, 0.3) is 0 Å². The highest BCUT2D eigenvalue weighted by atomic mass is 19.1. The molecule has 0 radical (unpaired) electrons. The largest absolute Gasteiger partial charge is 0.497 e. The Morgan fingerprint density at radius 1 is 0.232 bits per heavy atom. The van der Waals surface area contributed by atoms with Gasteiger partial charge in [0.2, 0.25) is 0 Å². The molecular weight excluding hydrogens is 1830 g/mol. The number of aryl methyl sites for hydroxylation is 5. The van der Waals surface area contributed by atoms with E-state index in [2.05, 4.69) is 137 Å². The van der Waals surface area contributed by atoms with E-state index in [-0.39, 0.29) is 47.9 Å². The standard InChI is InChI=1S/2C17H13FN4O2.C17H14N4O2.C16H13N5O3.2C16H13N5O2.CH4/c2*1-11-2-3-16(18)15(4-11)17(23)22-12-5-13(7-19-6-12)24-14-8-20-10-21-9-14;1-12-3-2-4-13(5-12)17(22)21-14-6-15(8-18-7-14)23-16-9-19-11-20-10-16;1-23-12-2-3-20-15(5-12)16(22)21-11-4-13(7-17-6-11)24-14-8-18-10-19-9-14;1-11-2-12(5-17-4-11)16(22)21-13-3-14(7-18-6-13)23-15-8-19-10-20-9-15;1-11-2-3-15(20-5-11)16(22)21-12-4-13(7-17-6-12)23-14-8-18-10-19-9-14;/h2*2-10H,1H3,(H,22,23);2-11H,1H3,(H,21,22);2-10H,1H3,(H,21,22);2*2-10H,1H3,(H,21,22);1H4. The van der Waals surface area contributed by atoms with Crippen LogP contribution in [0.1, 0.15) is 97.7 Å². The van der Waals surface area contributed by atoms with Gasteiger partial charge in [-0.15, -0.1) is 0 Å². The van der Waals surface area contributed by atoms with Crippen LogP contribution in [-0.4, -0.2) is 147 Å². The molecule has 18 aromatic rings. The maximum atomic E-state index is 13.8. The van der Waals surface area contributed by atoms with Gasteiger partial charge < -0.3 is 65.1 Å². The van der Waals surface area contributed by atoms with Crippen molar-refractivity contribution in [2.24, 2.45) is 0 Å². The van der Waals surface area contributed by atoms with Crippen LogP contribution in [0.2, 0.25) is 0 Å². The van der Waals surface area contributed by atoms with E-state index in [4.69, 9.17) is 33.2 Å². The quantitative estimate of drug-likeness (QED) is 0.0309. The topological polar surface area (TPSA) is 510 Å². The van der Waals surface area contributed by atoms with E-state index in [0.717, 1.165) is 27.8 Å². The molecule has 0 aliphatic rings. The highest BCUT2D eigenvalue weighted by Crippen LogP contribution is 2.30. The third kappa shape index (κ3) is 32.6. The fraction of sp³-hybridized carbons (Fsp3) is 0.0700. The van der Waals surface area contributed by atoms with Crippen LogP contribution in [0.3, 0.4) is 0 Å². The number of methoxy groups -OCH3 is 1. The first kappa shape index (κ1) is 101. The molecule has 40 nitrogen and oxygen atoms in total. The molecule has 0 saturated heterocycles. The van der Waals surface area contributed by atoms with E-state index in [1.54, 1.807) is 130 Å². The van der Waals surface area contributed by atoms with Gasteiger partial charge >= 0.3 is 0 Å². The molecule has 18 rings (SSSR count). The van der Waals surface area contributed by atoms with Crippen molar-refractivity contribution in [2.45, 2.75) is 42.0 Å². The fourth-order valence-electron chi connectivity index (χ4n) is 11.7. The lowest BCUT2D eigenvalue weighted by Crippen LogP contribution is -2.14. The minimum absolute atomic E-state index is 0. The number of hydrogen-bond donors (Lipinski definition) is 6. The van der Waals surface area contributed by atoms with E-state index in [0.29, 0.717) is 126 Å². The number of pyridine rings is 9. The molecule has 0 bridgehead atoms. The van der Waals surface area contributed by atoms with E-state index in [9.17, 15) is 37.5 Å². The number of carbonyl (C=O) groups is 6. The zero-order chi connectivity index (χ0) is 98.9. The summed E-state index contributed by atoms with van der Waals surface area (Å²) < 4.78 is 66.0. The van der Waals surface area contributed by atoms with Crippen molar-refractivity contribution in [2.75, 3.05) is 39.0 Å². The molecule has 710 valence electrons. The summed E-state index contributed by atoms with van der Waals surface area (Å²) in [5.41, 5.74) is 8.90. The van der Waals surface area contributed by atoms with Crippen molar-refractivity contribution in [1.29, 1.82) is 0 Å². The molecule has 6 N–H and O–H groups in total. The third-order valence-electron chi connectivity index (χ3n) is 18.0. The number of anilines is 6. The Hall–Kier alpha value is -20.2. The second-order valence-corrected chi connectivity index (χ2v) is 29.1. The molecule has 0 saturated carbocycles. The number of benzene rings is 3. The molecule has 15 aromatic heterocycles. The average molecular weight is 1910 g/mol. The number of rotatable bonds is 25. The molecule has 3 aromatic carbocycles. The second-order valence-electron chi connectivity index (χ2n) is 29.1. The molecule has 0 fully saturated rings. The van der Waals surface area contributed by atoms with Gasteiger partial charge in [0, 0.05) is 72.8 Å². The molecule has 0 aliphatic carbocycles. The molecule has 0 unspecified atom stereocenters. The van der Waals surface area contributed by atoms with Gasteiger partial charge in [0.05, 0.1) is 207 Å². The SMILES string of the molecule is C.COc1ccnc(C(=O)Nc2cncc(Oc3cncnc3)c2)c1.Cc1ccc(C(=O)Nc2cncc(Oc3cncnc3)c2)nc1.Cc1ccc(F)c(C(=O)Nc2cncc(Oc3cncnc3)c2)c1.Cc1ccc(F)c(C(=O)Nc2cncc(Oc3cncnc3)c2)c1.Cc1cccc(C(=O)Nc2cncc(Oc3cncnc3)c2)c1.Cc1cncc(C(=O)Nc2cncc(Oc3cncnc3)c2)c1. The van der Waals surface area contributed by atoms with Crippen molar-refractivity contribution >= 4 is 69.6 Å². The van der Waals surface area contributed by atoms with Gasteiger partial charge in [-0.1, -0.05) is 54.4 Å². The number of nitrogens with one attached hydrogen (secondary N) is 6. The summed E-state index contributed by atoms with van der Waals surface area (Å²) in [5.74, 6) is 2.59. The van der Waals surface area contributed by atoms with Gasteiger partial charge in [-0.05, 0) is 100 Å². The van der Waals surface area contributed by atoms with E-state index in [1.807, 2.05) is 45.0 Å². The van der Waals surface area contributed by atoms with Gasteiger partial charge in [0.1, 0.15) is 101 Å². The van der Waals surface area contributed by atoms with Crippen LogP contribution in [0, 0.1) is 46.3 Å². The number of carbonyl (C=O) groups excluding carboxylic acids is 6. The normalized spacial score (nSPS) is 10.1. The summed E-state index contributed by atoms with van der Waals surface area (Å²) in [5, 5.41) is 16.2. The predicted molar refractivity (Wildman–Crippen MR) is 515 cm³/mol. The zero-order valence-corrected chi connectivity index (χ0v) is 75.2. The summed E-state index contributed by atoms with van der Waals surface area (Å²) >= 11 is 0. The lowest BCUT2D eigenvalue weighted by molar-refractivity contribution is 0.101. The number of nitrogens with zero attached hydrogens (tertiary/aromatic N) is 21. The molecule has 0 spiro atoms. The Morgan fingerprint density at radius 2 is 0.521 bits per heavy atom. The Morgan fingerprint density at radius 3 is 0.838 bits per heavy atom. The van der Waals surface area contributed by atoms with Crippen LogP contribution >= 0.6 is 0 Å². The van der Waals surface area contributed by atoms with Crippen molar-refractivity contribution in [3.05, 3.63) is 412 Å². The van der Waals surface area contributed by atoms with Crippen LogP contribution in [0.4, 0.5) is 42.9 Å². The molecule has 0 atom stereocenters. The molecule has 42 heteroatoms. The minimum Gasteiger partial charge on any atom is -0.497 e. The number of aromatic nitrogens is 21. The maximum absolute atomic E-state index is 13.8. The van der Waals surface area contributed by atoms with E-state index in [1.165, 1.54) is 206 Å². The molecule has 15 heterocycles. The number of amides is 6. The van der Waals surface area contributed by atoms with Crippen molar-refractivity contribution in [3.63, 3.8) is 0 Å².